The van der Waals surface area contributed by atoms with Crippen molar-refractivity contribution in [3.05, 3.63) is 35.9 Å². The van der Waals surface area contributed by atoms with Gasteiger partial charge in [-0.25, -0.2) is 4.79 Å². The Bertz CT molecular complexity index is 396. The third-order valence-corrected chi connectivity index (χ3v) is 3.63. The van der Waals surface area contributed by atoms with Gasteiger partial charge in [0, 0.05) is 13.1 Å². The maximum absolute atomic E-state index is 11.6. The first kappa shape index (κ1) is 16.9. The molecule has 112 valence electrons. The van der Waals surface area contributed by atoms with Crippen molar-refractivity contribution in [3.8, 4) is 0 Å². The summed E-state index contributed by atoms with van der Waals surface area (Å²) in [7, 11) is 0. The van der Waals surface area contributed by atoms with Crippen LogP contribution in [0.4, 0.5) is 4.79 Å². The molecule has 5 heteroatoms. The Morgan fingerprint density at radius 2 is 2.00 bits per heavy atom. The molecule has 0 bridgehead atoms. The molecule has 3 N–H and O–H groups in total. The maximum Gasteiger partial charge on any atom is 0.314 e. The highest BCUT2D eigenvalue weighted by Crippen LogP contribution is 2.11. The lowest BCUT2D eigenvalue weighted by Crippen LogP contribution is -2.45. The number of carbonyl (C=O) groups excluding carboxylic acids is 1. The van der Waals surface area contributed by atoms with Gasteiger partial charge in [-0.05, 0) is 37.3 Å². The second-order valence-corrected chi connectivity index (χ2v) is 6.07. The molecule has 0 heterocycles. The molecule has 0 saturated carbocycles. The fraction of sp³-hybridized carbons (Fsp3) is 0.533. The number of aliphatic hydroxyl groups is 1. The van der Waals surface area contributed by atoms with Crippen LogP contribution in [-0.2, 0) is 6.42 Å². The lowest BCUT2D eigenvalue weighted by atomic mass is 10.0. The normalized spacial score (nSPS) is 13.6. The Morgan fingerprint density at radius 1 is 1.30 bits per heavy atom. The molecular formula is C15H24N2O2S. The van der Waals surface area contributed by atoms with Crippen LogP contribution in [0, 0.1) is 0 Å². The summed E-state index contributed by atoms with van der Waals surface area (Å²) < 4.78 is 0. The molecule has 0 radical (unpaired) electrons. The number of hydrogen-bond acceptors (Lipinski definition) is 3. The summed E-state index contributed by atoms with van der Waals surface area (Å²) in [5, 5.41) is 15.5. The molecule has 0 unspecified atom stereocenters. The van der Waals surface area contributed by atoms with Crippen molar-refractivity contribution in [2.24, 2.45) is 0 Å². The van der Waals surface area contributed by atoms with Gasteiger partial charge in [-0.1, -0.05) is 30.3 Å². The van der Waals surface area contributed by atoms with Crippen molar-refractivity contribution in [1.82, 2.24) is 10.6 Å². The summed E-state index contributed by atoms with van der Waals surface area (Å²) in [4.78, 5) is 11.6. The molecule has 2 amide bonds. The van der Waals surface area contributed by atoms with Gasteiger partial charge in [0.1, 0.15) is 0 Å². The monoisotopic (exact) mass is 296 g/mol. The number of carbonyl (C=O) groups is 1. The molecule has 0 aliphatic heterocycles. The summed E-state index contributed by atoms with van der Waals surface area (Å²) in [5.41, 5.74) is 0.347. The number of hydrogen-bond donors (Lipinski definition) is 3. The van der Waals surface area contributed by atoms with Crippen molar-refractivity contribution >= 4 is 17.8 Å². The molecule has 4 nitrogen and oxygen atoms in total. The van der Waals surface area contributed by atoms with E-state index in [1.54, 1.807) is 18.7 Å². The van der Waals surface area contributed by atoms with E-state index in [9.17, 15) is 9.90 Å². The molecule has 0 spiro atoms. The lowest BCUT2D eigenvalue weighted by molar-refractivity contribution is 0.0594. The van der Waals surface area contributed by atoms with E-state index in [1.165, 1.54) is 5.56 Å². The summed E-state index contributed by atoms with van der Waals surface area (Å²) in [6, 6.07) is 9.78. The van der Waals surface area contributed by atoms with Crippen molar-refractivity contribution in [2.45, 2.75) is 25.4 Å². The van der Waals surface area contributed by atoms with Crippen LogP contribution in [0.15, 0.2) is 30.3 Å². The van der Waals surface area contributed by atoms with Crippen molar-refractivity contribution in [2.75, 3.05) is 25.1 Å². The standard InChI is InChI=1S/C15H24N2O2S/c1-15(19,9-11-20-2)12-17-14(18)16-10-8-13-6-4-3-5-7-13/h3-7,19H,8-12H2,1-2H3,(H2,16,17,18)/t15-/m1/s1. The van der Waals surface area contributed by atoms with E-state index >= 15 is 0 Å². The molecule has 0 aliphatic carbocycles. The highest BCUT2D eigenvalue weighted by Gasteiger charge is 2.20. The van der Waals surface area contributed by atoms with Gasteiger partial charge >= 0.3 is 6.03 Å². The second kappa shape index (κ2) is 8.87. The molecule has 0 aromatic heterocycles. The van der Waals surface area contributed by atoms with Crippen LogP contribution in [0.3, 0.4) is 0 Å². The summed E-state index contributed by atoms with van der Waals surface area (Å²) >= 11 is 1.69. The first-order valence-corrected chi connectivity index (χ1v) is 8.20. The number of urea groups is 1. The molecule has 0 saturated heterocycles. The summed E-state index contributed by atoms with van der Waals surface area (Å²) in [6.45, 7) is 2.60. The summed E-state index contributed by atoms with van der Waals surface area (Å²) in [6.07, 6.45) is 3.47. The van der Waals surface area contributed by atoms with Gasteiger partial charge in [0.05, 0.1) is 5.60 Å². The Morgan fingerprint density at radius 3 is 2.65 bits per heavy atom. The minimum absolute atomic E-state index is 0.231. The van der Waals surface area contributed by atoms with E-state index in [0.29, 0.717) is 13.0 Å². The minimum Gasteiger partial charge on any atom is -0.388 e. The number of thioether (sulfide) groups is 1. The predicted molar refractivity (Wildman–Crippen MR) is 85.2 cm³/mol. The van der Waals surface area contributed by atoms with E-state index in [2.05, 4.69) is 10.6 Å². The Hall–Kier alpha value is -1.20. The largest absolute Gasteiger partial charge is 0.388 e. The average Bonchev–Trinajstić information content (AvgIpc) is 2.44. The van der Waals surface area contributed by atoms with Gasteiger partial charge in [-0.15, -0.1) is 0 Å². The highest BCUT2D eigenvalue weighted by atomic mass is 32.2. The topological polar surface area (TPSA) is 61.4 Å². The average molecular weight is 296 g/mol. The fourth-order valence-electron chi connectivity index (χ4n) is 1.71. The highest BCUT2D eigenvalue weighted by molar-refractivity contribution is 7.98. The molecule has 20 heavy (non-hydrogen) atoms. The number of rotatable bonds is 8. The van der Waals surface area contributed by atoms with Crippen LogP contribution in [0.5, 0.6) is 0 Å². The molecule has 1 aromatic carbocycles. The van der Waals surface area contributed by atoms with Crippen LogP contribution in [0.2, 0.25) is 0 Å². The molecule has 1 atom stereocenters. The first-order chi connectivity index (χ1) is 9.53. The maximum atomic E-state index is 11.6. The Balaban J connectivity index is 2.17. The number of nitrogens with one attached hydrogen (secondary N) is 2. The quantitative estimate of drug-likeness (QED) is 0.688. The number of amides is 2. The zero-order chi connectivity index (χ0) is 14.8. The smallest absolute Gasteiger partial charge is 0.314 e. The van der Waals surface area contributed by atoms with Crippen molar-refractivity contribution < 1.29 is 9.90 Å². The third kappa shape index (κ3) is 7.40. The molecule has 1 aromatic rings. The fourth-order valence-corrected chi connectivity index (χ4v) is 2.35. The van der Waals surface area contributed by atoms with E-state index in [4.69, 9.17) is 0 Å². The SMILES string of the molecule is CSCC[C@@](C)(O)CNC(=O)NCCc1ccccc1. The minimum atomic E-state index is -0.847. The second-order valence-electron chi connectivity index (χ2n) is 5.08. The van der Waals surface area contributed by atoms with E-state index < -0.39 is 5.60 Å². The third-order valence-electron chi connectivity index (χ3n) is 3.02. The van der Waals surface area contributed by atoms with Crippen LogP contribution < -0.4 is 10.6 Å². The van der Waals surface area contributed by atoms with Crippen molar-refractivity contribution in [3.63, 3.8) is 0 Å². The predicted octanol–water partition coefficient (Wildman–Crippen LogP) is 2.03. The summed E-state index contributed by atoms with van der Waals surface area (Å²) in [5.74, 6) is 0.879. The first-order valence-electron chi connectivity index (χ1n) is 6.80. The van der Waals surface area contributed by atoms with Crippen molar-refractivity contribution in [1.29, 1.82) is 0 Å². The van der Waals surface area contributed by atoms with Gasteiger partial charge in [0.15, 0.2) is 0 Å². The van der Waals surface area contributed by atoms with Crippen LogP contribution >= 0.6 is 11.8 Å². The molecular weight excluding hydrogens is 272 g/mol. The Kier molecular flexibility index (Phi) is 7.47. The Labute approximate surface area is 125 Å². The van der Waals surface area contributed by atoms with Gasteiger partial charge in [-0.3, -0.25) is 0 Å². The molecule has 0 fully saturated rings. The van der Waals surface area contributed by atoms with E-state index in [1.807, 2.05) is 36.6 Å². The van der Waals surface area contributed by atoms with Gasteiger partial charge < -0.3 is 15.7 Å². The van der Waals surface area contributed by atoms with E-state index in [-0.39, 0.29) is 12.6 Å². The molecule has 1 rings (SSSR count). The van der Waals surface area contributed by atoms with E-state index in [0.717, 1.165) is 12.2 Å². The van der Waals surface area contributed by atoms with Crippen LogP contribution in [-0.4, -0.2) is 41.8 Å². The van der Waals surface area contributed by atoms with Crippen LogP contribution in [0.25, 0.3) is 0 Å². The van der Waals surface area contributed by atoms with Crippen LogP contribution in [0.1, 0.15) is 18.9 Å². The zero-order valence-electron chi connectivity index (χ0n) is 12.2. The lowest BCUT2D eigenvalue weighted by Gasteiger charge is -2.23. The number of benzene rings is 1. The van der Waals surface area contributed by atoms with Gasteiger partial charge in [0.25, 0.3) is 0 Å². The molecule has 0 aliphatic rings. The van der Waals surface area contributed by atoms with Gasteiger partial charge in [-0.2, -0.15) is 11.8 Å². The van der Waals surface area contributed by atoms with Gasteiger partial charge in [0.2, 0.25) is 0 Å². The zero-order valence-corrected chi connectivity index (χ0v) is 13.0.